The topological polar surface area (TPSA) is 81.1 Å². The van der Waals surface area contributed by atoms with Crippen molar-refractivity contribution in [3.63, 3.8) is 0 Å². The molecule has 1 aliphatic heterocycles. The summed E-state index contributed by atoms with van der Waals surface area (Å²) in [5.41, 5.74) is 0. The molecule has 2 bridgehead atoms. The fourth-order valence-electron chi connectivity index (χ4n) is 6.56. The zero-order valence-corrected chi connectivity index (χ0v) is 16.3. The minimum Gasteiger partial charge on any atom is -0.395 e. The van der Waals surface area contributed by atoms with E-state index in [1.807, 2.05) is 0 Å². The number of amides is 2. The lowest BCUT2D eigenvalue weighted by Gasteiger charge is -2.37. The van der Waals surface area contributed by atoms with Crippen molar-refractivity contribution in [2.75, 3.05) is 39.4 Å². The van der Waals surface area contributed by atoms with Crippen molar-refractivity contribution in [1.29, 1.82) is 0 Å². The second-order valence-corrected chi connectivity index (χ2v) is 9.22. The van der Waals surface area contributed by atoms with Gasteiger partial charge in [0.15, 0.2) is 0 Å². The third-order valence-corrected chi connectivity index (χ3v) is 7.83. The van der Waals surface area contributed by atoms with Gasteiger partial charge in [-0.3, -0.25) is 19.4 Å². The van der Waals surface area contributed by atoms with Crippen molar-refractivity contribution in [3.05, 3.63) is 0 Å². The summed E-state index contributed by atoms with van der Waals surface area (Å²) < 4.78 is 0. The first kappa shape index (κ1) is 19.3. The molecule has 4 rings (SSSR count). The van der Waals surface area contributed by atoms with Gasteiger partial charge in [-0.1, -0.05) is 12.8 Å². The van der Waals surface area contributed by atoms with Crippen LogP contribution in [0.5, 0.6) is 0 Å². The fraction of sp³-hybridized carbons (Fsp3) is 0.905. The quantitative estimate of drug-likeness (QED) is 0.619. The molecule has 4 aliphatic rings. The Bertz CT molecular complexity index is 534. The molecule has 0 aromatic heterocycles. The zero-order valence-electron chi connectivity index (χ0n) is 16.3. The molecular weight excluding hydrogens is 344 g/mol. The molecule has 3 aliphatic carbocycles. The van der Waals surface area contributed by atoms with Gasteiger partial charge < -0.3 is 10.2 Å². The Morgan fingerprint density at radius 3 is 1.96 bits per heavy atom. The monoisotopic (exact) mass is 378 g/mol. The highest BCUT2D eigenvalue weighted by Crippen LogP contribution is 2.56. The smallest absolute Gasteiger partial charge is 0.233 e. The van der Waals surface area contributed by atoms with Crippen molar-refractivity contribution in [1.82, 2.24) is 9.80 Å². The van der Waals surface area contributed by atoms with Crippen LogP contribution in [0.15, 0.2) is 0 Å². The van der Waals surface area contributed by atoms with Gasteiger partial charge in [0.1, 0.15) is 0 Å². The highest BCUT2D eigenvalue weighted by Gasteiger charge is 2.61. The van der Waals surface area contributed by atoms with Crippen LogP contribution < -0.4 is 0 Å². The van der Waals surface area contributed by atoms with Crippen LogP contribution in [0.25, 0.3) is 0 Å². The van der Waals surface area contributed by atoms with E-state index in [1.165, 1.54) is 6.42 Å². The minimum absolute atomic E-state index is 0.0152. The van der Waals surface area contributed by atoms with E-state index in [4.69, 9.17) is 0 Å². The van der Waals surface area contributed by atoms with Gasteiger partial charge in [-0.15, -0.1) is 0 Å². The van der Waals surface area contributed by atoms with E-state index in [9.17, 15) is 19.8 Å². The maximum atomic E-state index is 13.0. The number of rotatable bonds is 8. The van der Waals surface area contributed by atoms with Gasteiger partial charge >= 0.3 is 0 Å². The third-order valence-electron chi connectivity index (χ3n) is 7.83. The molecule has 1 unspecified atom stereocenters. The molecule has 2 amide bonds. The molecule has 3 saturated carbocycles. The Balaban J connectivity index is 1.42. The number of carbonyl (C=O) groups is 2. The summed E-state index contributed by atoms with van der Waals surface area (Å²) >= 11 is 0. The molecule has 1 saturated heterocycles. The van der Waals surface area contributed by atoms with Crippen molar-refractivity contribution in [2.45, 2.75) is 44.9 Å². The van der Waals surface area contributed by atoms with Crippen LogP contribution in [-0.2, 0) is 9.59 Å². The number of aliphatic hydroxyl groups is 2. The van der Waals surface area contributed by atoms with Crippen molar-refractivity contribution in [3.8, 4) is 0 Å². The predicted molar refractivity (Wildman–Crippen MR) is 101 cm³/mol. The van der Waals surface area contributed by atoms with Gasteiger partial charge in [-0.2, -0.15) is 0 Å². The standard InChI is InChI=1S/C21H34N2O4/c24-9-7-22(8-10-25)12-16-3-1-2-4-17(16)13-23-20(26)18-14-5-6-15(11-14)19(18)21(23)27/h14-19,24-25H,1-13H2/t14-,15+,16-,17-,18?,19-/m0/s1. The van der Waals surface area contributed by atoms with Crippen LogP contribution >= 0.6 is 0 Å². The molecule has 0 radical (unpaired) electrons. The van der Waals surface area contributed by atoms with E-state index in [1.54, 1.807) is 4.90 Å². The Morgan fingerprint density at radius 1 is 0.852 bits per heavy atom. The van der Waals surface area contributed by atoms with Gasteiger partial charge in [0.25, 0.3) is 0 Å². The summed E-state index contributed by atoms with van der Waals surface area (Å²) in [5, 5.41) is 18.6. The van der Waals surface area contributed by atoms with E-state index in [0.29, 0.717) is 43.3 Å². The van der Waals surface area contributed by atoms with Crippen LogP contribution in [0.1, 0.15) is 44.9 Å². The van der Waals surface area contributed by atoms with Gasteiger partial charge in [-0.25, -0.2) is 0 Å². The number of carbonyl (C=O) groups excluding carboxylic acids is 2. The van der Waals surface area contributed by atoms with Gasteiger partial charge in [-0.05, 0) is 55.8 Å². The number of hydrogen-bond acceptors (Lipinski definition) is 5. The Morgan fingerprint density at radius 2 is 1.41 bits per heavy atom. The number of imide groups is 1. The first-order valence-corrected chi connectivity index (χ1v) is 10.9. The molecule has 0 aromatic carbocycles. The normalized spacial score (nSPS) is 38.3. The summed E-state index contributed by atoms with van der Waals surface area (Å²) in [4.78, 5) is 29.8. The number of likely N-dealkylation sites (tertiary alicyclic amines) is 1. The summed E-state index contributed by atoms with van der Waals surface area (Å²) in [5.74, 6) is 1.88. The highest BCUT2D eigenvalue weighted by atomic mass is 16.3. The Labute approximate surface area is 161 Å². The Hall–Kier alpha value is -0.980. The fourth-order valence-corrected chi connectivity index (χ4v) is 6.56. The van der Waals surface area contributed by atoms with Crippen molar-refractivity contribution >= 4 is 11.8 Å². The van der Waals surface area contributed by atoms with E-state index in [0.717, 1.165) is 45.1 Å². The first-order chi connectivity index (χ1) is 13.1. The van der Waals surface area contributed by atoms with Crippen LogP contribution in [0.4, 0.5) is 0 Å². The summed E-state index contributed by atoms with van der Waals surface area (Å²) in [7, 11) is 0. The minimum atomic E-state index is -0.0152. The summed E-state index contributed by atoms with van der Waals surface area (Å²) in [6.07, 6.45) is 7.86. The van der Waals surface area contributed by atoms with Crippen molar-refractivity contribution in [2.24, 2.45) is 35.5 Å². The average Bonchev–Trinajstić information content (AvgIpc) is 3.33. The molecule has 27 heavy (non-hydrogen) atoms. The van der Waals surface area contributed by atoms with Gasteiger partial charge in [0.2, 0.25) is 11.8 Å². The molecule has 6 nitrogen and oxygen atoms in total. The van der Waals surface area contributed by atoms with Gasteiger partial charge in [0.05, 0.1) is 25.0 Å². The largest absolute Gasteiger partial charge is 0.395 e. The molecule has 2 N–H and O–H groups in total. The molecule has 0 aromatic rings. The molecular formula is C21H34N2O4. The lowest BCUT2D eigenvalue weighted by molar-refractivity contribution is -0.142. The van der Waals surface area contributed by atoms with Crippen LogP contribution in [-0.4, -0.2) is 71.2 Å². The molecule has 6 heteroatoms. The maximum absolute atomic E-state index is 13.0. The predicted octanol–water partition coefficient (Wildman–Crippen LogP) is 1.11. The summed E-state index contributed by atoms with van der Waals surface area (Å²) in [6.45, 7) is 2.73. The lowest BCUT2D eigenvalue weighted by atomic mass is 9.78. The molecule has 6 atom stereocenters. The maximum Gasteiger partial charge on any atom is 0.233 e. The molecule has 4 fully saturated rings. The highest BCUT2D eigenvalue weighted by molar-refractivity contribution is 6.06. The van der Waals surface area contributed by atoms with E-state index >= 15 is 0 Å². The molecule has 0 spiro atoms. The van der Waals surface area contributed by atoms with E-state index in [-0.39, 0.29) is 36.9 Å². The number of fused-ring (bicyclic) bond motifs is 5. The van der Waals surface area contributed by atoms with Gasteiger partial charge in [0, 0.05) is 26.2 Å². The molecule has 1 heterocycles. The van der Waals surface area contributed by atoms with Crippen LogP contribution in [0, 0.1) is 35.5 Å². The Kier molecular flexibility index (Phi) is 5.86. The number of nitrogens with zero attached hydrogens (tertiary/aromatic N) is 2. The van der Waals surface area contributed by atoms with E-state index in [2.05, 4.69) is 4.90 Å². The SMILES string of the molecule is O=C1C2[C@H]3CC[C@H](C3)[C@@H]2C(=O)N1C[C@@H]1CCCC[C@H]1CN(CCO)CCO. The number of hydrogen-bond donors (Lipinski definition) is 2. The first-order valence-electron chi connectivity index (χ1n) is 10.9. The second-order valence-electron chi connectivity index (χ2n) is 9.22. The summed E-state index contributed by atoms with van der Waals surface area (Å²) in [6, 6.07) is 0. The molecule has 152 valence electrons. The van der Waals surface area contributed by atoms with Crippen LogP contribution in [0.3, 0.4) is 0 Å². The zero-order chi connectivity index (χ0) is 19.0. The number of aliphatic hydroxyl groups excluding tert-OH is 2. The van der Waals surface area contributed by atoms with E-state index < -0.39 is 0 Å². The lowest BCUT2D eigenvalue weighted by Crippen LogP contribution is -2.43. The third kappa shape index (κ3) is 3.56. The van der Waals surface area contributed by atoms with Crippen LogP contribution in [0.2, 0.25) is 0 Å². The van der Waals surface area contributed by atoms with Crippen molar-refractivity contribution < 1.29 is 19.8 Å². The average molecular weight is 379 g/mol. The second kappa shape index (κ2) is 8.18.